The average Bonchev–Trinajstić information content (AvgIpc) is 2.42. The molecule has 1 heterocycles. The van der Waals surface area contributed by atoms with Crippen LogP contribution in [0.5, 0.6) is 0 Å². The third-order valence-corrected chi connectivity index (χ3v) is 3.50. The molecular formula is C14H13BrF2N2. The molecule has 0 saturated heterocycles. The quantitative estimate of drug-likeness (QED) is 0.869. The molecule has 1 aromatic carbocycles. The number of nitrogens with zero attached hydrogens (tertiary/aromatic N) is 1. The van der Waals surface area contributed by atoms with Gasteiger partial charge in [-0.25, -0.2) is 8.78 Å². The lowest BCUT2D eigenvalue weighted by molar-refractivity contribution is 0.508. The van der Waals surface area contributed by atoms with E-state index in [1.807, 2.05) is 18.2 Å². The Bertz CT molecular complexity index is 561. The molecule has 2 aromatic rings. The fourth-order valence-electron chi connectivity index (χ4n) is 1.88. The molecule has 0 amide bonds. The van der Waals surface area contributed by atoms with E-state index in [9.17, 15) is 8.78 Å². The van der Waals surface area contributed by atoms with Crippen molar-refractivity contribution in [1.29, 1.82) is 0 Å². The van der Waals surface area contributed by atoms with E-state index in [4.69, 9.17) is 5.73 Å². The molecule has 0 bridgehead atoms. The summed E-state index contributed by atoms with van der Waals surface area (Å²) in [4.78, 5) is 4.15. The fourth-order valence-corrected chi connectivity index (χ4v) is 2.22. The van der Waals surface area contributed by atoms with Crippen molar-refractivity contribution in [3.8, 4) is 0 Å². The van der Waals surface area contributed by atoms with E-state index in [0.29, 0.717) is 12.8 Å². The first-order valence-corrected chi connectivity index (χ1v) is 6.67. The number of aromatic nitrogens is 1. The van der Waals surface area contributed by atoms with Gasteiger partial charge in [-0.05, 0) is 53.0 Å². The SMILES string of the molecule is NC(CCc1ccccn1)c1c(F)ccc(Br)c1F. The van der Waals surface area contributed by atoms with E-state index >= 15 is 0 Å². The molecule has 0 spiro atoms. The third-order valence-electron chi connectivity index (χ3n) is 2.89. The van der Waals surface area contributed by atoms with Gasteiger partial charge in [0.2, 0.25) is 0 Å². The van der Waals surface area contributed by atoms with Crippen LogP contribution in [0, 0.1) is 11.6 Å². The Morgan fingerprint density at radius 3 is 2.68 bits per heavy atom. The van der Waals surface area contributed by atoms with Crippen LogP contribution in [0.3, 0.4) is 0 Å². The molecule has 0 radical (unpaired) electrons. The summed E-state index contributed by atoms with van der Waals surface area (Å²) in [6, 6.07) is 7.40. The van der Waals surface area contributed by atoms with E-state index in [1.165, 1.54) is 12.1 Å². The minimum atomic E-state index is -0.695. The number of rotatable bonds is 4. The molecule has 0 aliphatic rings. The molecule has 0 aliphatic carbocycles. The summed E-state index contributed by atoms with van der Waals surface area (Å²) in [5.74, 6) is -1.25. The molecule has 2 rings (SSSR count). The van der Waals surface area contributed by atoms with Crippen molar-refractivity contribution in [2.75, 3.05) is 0 Å². The first-order valence-electron chi connectivity index (χ1n) is 5.88. The van der Waals surface area contributed by atoms with E-state index in [-0.39, 0.29) is 10.0 Å². The van der Waals surface area contributed by atoms with Gasteiger partial charge in [0.25, 0.3) is 0 Å². The van der Waals surface area contributed by atoms with Gasteiger partial charge in [-0.2, -0.15) is 0 Å². The van der Waals surface area contributed by atoms with Crippen LogP contribution < -0.4 is 5.73 Å². The summed E-state index contributed by atoms with van der Waals surface area (Å²) < 4.78 is 27.7. The highest BCUT2D eigenvalue weighted by molar-refractivity contribution is 9.10. The van der Waals surface area contributed by atoms with Gasteiger partial charge in [0, 0.05) is 23.5 Å². The van der Waals surface area contributed by atoms with E-state index < -0.39 is 17.7 Å². The predicted octanol–water partition coefficient (Wildman–Crippen LogP) is 3.75. The van der Waals surface area contributed by atoms with Gasteiger partial charge < -0.3 is 5.73 Å². The number of nitrogens with two attached hydrogens (primary N) is 1. The topological polar surface area (TPSA) is 38.9 Å². The lowest BCUT2D eigenvalue weighted by Crippen LogP contribution is -2.15. The van der Waals surface area contributed by atoms with E-state index in [1.54, 1.807) is 6.20 Å². The van der Waals surface area contributed by atoms with Crippen LogP contribution in [0.25, 0.3) is 0 Å². The van der Waals surface area contributed by atoms with E-state index in [2.05, 4.69) is 20.9 Å². The van der Waals surface area contributed by atoms with Crippen molar-refractivity contribution in [3.05, 3.63) is 63.9 Å². The molecule has 1 atom stereocenters. The van der Waals surface area contributed by atoms with Gasteiger partial charge in [-0.3, -0.25) is 4.98 Å². The predicted molar refractivity (Wildman–Crippen MR) is 73.5 cm³/mol. The molecule has 5 heteroatoms. The zero-order chi connectivity index (χ0) is 13.8. The molecule has 1 unspecified atom stereocenters. The van der Waals surface area contributed by atoms with Crippen LogP contribution in [-0.2, 0) is 6.42 Å². The maximum Gasteiger partial charge on any atom is 0.145 e. The second-order valence-corrected chi connectivity index (χ2v) is 5.08. The lowest BCUT2D eigenvalue weighted by Gasteiger charge is -2.14. The Hall–Kier alpha value is -1.33. The highest BCUT2D eigenvalue weighted by Crippen LogP contribution is 2.27. The molecule has 19 heavy (non-hydrogen) atoms. The second-order valence-electron chi connectivity index (χ2n) is 4.22. The highest BCUT2D eigenvalue weighted by atomic mass is 79.9. The van der Waals surface area contributed by atoms with Gasteiger partial charge in [0.15, 0.2) is 0 Å². The molecule has 2 nitrogen and oxygen atoms in total. The number of benzene rings is 1. The summed E-state index contributed by atoms with van der Waals surface area (Å²) in [5.41, 5.74) is 6.66. The zero-order valence-electron chi connectivity index (χ0n) is 10.1. The number of aryl methyl sites for hydroxylation is 1. The fraction of sp³-hybridized carbons (Fsp3) is 0.214. The van der Waals surface area contributed by atoms with Crippen molar-refractivity contribution in [2.45, 2.75) is 18.9 Å². The zero-order valence-corrected chi connectivity index (χ0v) is 11.7. The summed E-state index contributed by atoms with van der Waals surface area (Å²) in [5, 5.41) is 0. The largest absolute Gasteiger partial charge is 0.324 e. The number of hydrogen-bond donors (Lipinski definition) is 1. The Morgan fingerprint density at radius 1 is 1.21 bits per heavy atom. The molecule has 1 aromatic heterocycles. The monoisotopic (exact) mass is 326 g/mol. The van der Waals surface area contributed by atoms with Crippen molar-refractivity contribution in [2.24, 2.45) is 5.73 Å². The molecule has 0 aliphatic heterocycles. The van der Waals surface area contributed by atoms with Crippen molar-refractivity contribution >= 4 is 15.9 Å². The number of hydrogen-bond acceptors (Lipinski definition) is 2. The normalized spacial score (nSPS) is 12.4. The maximum absolute atomic E-state index is 13.9. The Balaban J connectivity index is 2.12. The molecule has 0 saturated carbocycles. The summed E-state index contributed by atoms with van der Waals surface area (Å²) in [6.45, 7) is 0. The Kier molecular flexibility index (Phi) is 4.61. The molecule has 2 N–H and O–H groups in total. The summed E-state index contributed by atoms with van der Waals surface area (Å²) in [6.07, 6.45) is 2.69. The van der Waals surface area contributed by atoms with Gasteiger partial charge in [0.05, 0.1) is 4.47 Å². The summed E-state index contributed by atoms with van der Waals surface area (Å²) >= 11 is 3.03. The van der Waals surface area contributed by atoms with Gasteiger partial charge in [-0.15, -0.1) is 0 Å². The molecule has 0 fully saturated rings. The number of pyridine rings is 1. The van der Waals surface area contributed by atoms with Crippen LogP contribution in [0.2, 0.25) is 0 Å². The van der Waals surface area contributed by atoms with Crippen LogP contribution in [0.1, 0.15) is 23.7 Å². The third kappa shape index (κ3) is 3.36. The average molecular weight is 327 g/mol. The molecule has 100 valence electrons. The maximum atomic E-state index is 13.9. The Labute approximate surface area is 118 Å². The van der Waals surface area contributed by atoms with Crippen molar-refractivity contribution < 1.29 is 8.78 Å². The minimum Gasteiger partial charge on any atom is -0.324 e. The lowest BCUT2D eigenvalue weighted by atomic mass is 10.0. The van der Waals surface area contributed by atoms with E-state index in [0.717, 1.165) is 5.69 Å². The second kappa shape index (κ2) is 6.21. The first kappa shape index (κ1) is 14.1. The van der Waals surface area contributed by atoms with Gasteiger partial charge in [0.1, 0.15) is 11.6 Å². The van der Waals surface area contributed by atoms with Crippen LogP contribution in [0.4, 0.5) is 8.78 Å². The summed E-state index contributed by atoms with van der Waals surface area (Å²) in [7, 11) is 0. The van der Waals surface area contributed by atoms with Crippen LogP contribution in [-0.4, -0.2) is 4.98 Å². The van der Waals surface area contributed by atoms with Gasteiger partial charge in [-0.1, -0.05) is 6.07 Å². The van der Waals surface area contributed by atoms with Crippen molar-refractivity contribution in [1.82, 2.24) is 4.98 Å². The van der Waals surface area contributed by atoms with Crippen molar-refractivity contribution in [3.63, 3.8) is 0 Å². The van der Waals surface area contributed by atoms with Crippen LogP contribution in [0.15, 0.2) is 41.0 Å². The van der Waals surface area contributed by atoms with Gasteiger partial charge >= 0.3 is 0 Å². The van der Waals surface area contributed by atoms with Crippen LogP contribution >= 0.6 is 15.9 Å². The standard InChI is InChI=1S/C14H13BrF2N2/c15-10-5-6-11(16)13(14(10)17)12(18)7-4-9-3-1-2-8-19-9/h1-3,5-6,8,12H,4,7,18H2. The Morgan fingerprint density at radius 2 is 2.00 bits per heavy atom. The smallest absolute Gasteiger partial charge is 0.145 e. The minimum absolute atomic E-state index is 0.0784. The highest BCUT2D eigenvalue weighted by Gasteiger charge is 2.18. The number of halogens is 3. The molecular weight excluding hydrogens is 314 g/mol. The first-order chi connectivity index (χ1) is 9.09.